The zero-order valence-corrected chi connectivity index (χ0v) is 12.1. The van der Waals surface area contributed by atoms with E-state index in [4.69, 9.17) is 0 Å². The molecule has 4 nitrogen and oxygen atoms in total. The standard InChI is InChI=1S/C17H19N3O/c1-2-19-16-11-18-9-8-15(16)17(21)20-14-7-6-12-4-3-5-13(12)10-14/h6-11,19H,2-5H2,1H3,(H,20,21). The summed E-state index contributed by atoms with van der Waals surface area (Å²) in [6.45, 7) is 2.75. The van der Waals surface area contributed by atoms with Crippen molar-refractivity contribution in [3.8, 4) is 0 Å². The molecule has 4 heteroatoms. The second-order valence-corrected chi connectivity index (χ2v) is 5.24. The molecule has 1 aliphatic carbocycles. The predicted molar refractivity (Wildman–Crippen MR) is 84.8 cm³/mol. The van der Waals surface area contributed by atoms with Gasteiger partial charge in [-0.1, -0.05) is 6.07 Å². The van der Waals surface area contributed by atoms with E-state index in [1.165, 1.54) is 17.5 Å². The molecule has 1 aromatic heterocycles. The number of carbonyl (C=O) groups excluding carboxylic acids is 1. The van der Waals surface area contributed by atoms with E-state index in [0.29, 0.717) is 5.56 Å². The number of anilines is 2. The molecule has 1 heterocycles. The number of amides is 1. The number of benzene rings is 1. The van der Waals surface area contributed by atoms with E-state index in [-0.39, 0.29) is 5.91 Å². The van der Waals surface area contributed by atoms with Crippen molar-refractivity contribution in [2.75, 3.05) is 17.2 Å². The number of nitrogens with zero attached hydrogens (tertiary/aromatic N) is 1. The molecule has 2 aromatic rings. The molecular formula is C17H19N3O. The highest BCUT2D eigenvalue weighted by Gasteiger charge is 2.14. The molecule has 0 saturated heterocycles. The molecule has 108 valence electrons. The van der Waals surface area contributed by atoms with Crippen LogP contribution in [0.3, 0.4) is 0 Å². The fourth-order valence-corrected chi connectivity index (χ4v) is 2.77. The van der Waals surface area contributed by atoms with Gasteiger partial charge in [0.05, 0.1) is 17.4 Å². The van der Waals surface area contributed by atoms with Crippen LogP contribution in [-0.4, -0.2) is 17.4 Å². The van der Waals surface area contributed by atoms with Gasteiger partial charge in [0, 0.05) is 18.4 Å². The summed E-state index contributed by atoms with van der Waals surface area (Å²) in [5.41, 5.74) is 5.01. The predicted octanol–water partition coefficient (Wildman–Crippen LogP) is 3.25. The Morgan fingerprint density at radius 1 is 1.24 bits per heavy atom. The maximum atomic E-state index is 12.4. The van der Waals surface area contributed by atoms with Crippen LogP contribution in [0.2, 0.25) is 0 Å². The van der Waals surface area contributed by atoms with Gasteiger partial charge in [-0.25, -0.2) is 0 Å². The molecule has 2 N–H and O–H groups in total. The lowest BCUT2D eigenvalue weighted by Crippen LogP contribution is -2.15. The molecule has 0 radical (unpaired) electrons. The Labute approximate surface area is 124 Å². The molecule has 1 aliphatic rings. The third kappa shape index (κ3) is 2.89. The smallest absolute Gasteiger partial charge is 0.257 e. The molecule has 0 saturated carbocycles. The fraction of sp³-hybridized carbons (Fsp3) is 0.294. The lowest BCUT2D eigenvalue weighted by atomic mass is 10.1. The van der Waals surface area contributed by atoms with E-state index in [1.54, 1.807) is 18.5 Å². The van der Waals surface area contributed by atoms with Gasteiger partial charge in [0.2, 0.25) is 0 Å². The number of aromatic nitrogens is 1. The van der Waals surface area contributed by atoms with Crippen LogP contribution < -0.4 is 10.6 Å². The first kappa shape index (κ1) is 13.6. The average molecular weight is 281 g/mol. The van der Waals surface area contributed by atoms with E-state index < -0.39 is 0 Å². The quantitative estimate of drug-likeness (QED) is 0.904. The Morgan fingerprint density at radius 2 is 2.10 bits per heavy atom. The number of nitrogens with one attached hydrogen (secondary N) is 2. The molecule has 0 bridgehead atoms. The van der Waals surface area contributed by atoms with E-state index in [0.717, 1.165) is 30.8 Å². The highest BCUT2D eigenvalue weighted by Crippen LogP contribution is 2.25. The van der Waals surface area contributed by atoms with Crippen molar-refractivity contribution in [2.45, 2.75) is 26.2 Å². The van der Waals surface area contributed by atoms with E-state index in [1.807, 2.05) is 13.0 Å². The number of rotatable bonds is 4. The van der Waals surface area contributed by atoms with Crippen molar-refractivity contribution in [1.29, 1.82) is 0 Å². The Morgan fingerprint density at radius 3 is 2.95 bits per heavy atom. The summed E-state index contributed by atoms with van der Waals surface area (Å²) in [6.07, 6.45) is 6.79. The van der Waals surface area contributed by atoms with Crippen molar-refractivity contribution in [3.63, 3.8) is 0 Å². The second-order valence-electron chi connectivity index (χ2n) is 5.24. The number of fused-ring (bicyclic) bond motifs is 1. The molecule has 0 atom stereocenters. The first-order valence-electron chi connectivity index (χ1n) is 7.39. The largest absolute Gasteiger partial charge is 0.383 e. The highest BCUT2D eigenvalue weighted by molar-refractivity contribution is 6.07. The first-order valence-corrected chi connectivity index (χ1v) is 7.39. The summed E-state index contributed by atoms with van der Waals surface area (Å²) >= 11 is 0. The maximum absolute atomic E-state index is 12.4. The SMILES string of the molecule is CCNc1cnccc1C(=O)Nc1ccc2c(c1)CCC2. The minimum Gasteiger partial charge on any atom is -0.383 e. The average Bonchev–Trinajstić information content (AvgIpc) is 2.95. The lowest BCUT2D eigenvalue weighted by molar-refractivity contribution is 0.102. The normalized spacial score (nSPS) is 12.8. The van der Waals surface area contributed by atoms with Crippen molar-refractivity contribution in [1.82, 2.24) is 4.98 Å². The summed E-state index contributed by atoms with van der Waals surface area (Å²) < 4.78 is 0. The van der Waals surface area contributed by atoms with Crippen LogP contribution in [0.5, 0.6) is 0 Å². The lowest BCUT2D eigenvalue weighted by Gasteiger charge is -2.11. The third-order valence-corrected chi connectivity index (χ3v) is 3.79. The van der Waals surface area contributed by atoms with E-state index >= 15 is 0 Å². The van der Waals surface area contributed by atoms with Crippen molar-refractivity contribution < 1.29 is 4.79 Å². The van der Waals surface area contributed by atoms with Crippen LogP contribution in [0, 0.1) is 0 Å². The van der Waals surface area contributed by atoms with Crippen molar-refractivity contribution >= 4 is 17.3 Å². The zero-order chi connectivity index (χ0) is 14.7. The number of pyridine rings is 1. The van der Waals surface area contributed by atoms with E-state index in [2.05, 4.69) is 27.8 Å². The van der Waals surface area contributed by atoms with Crippen LogP contribution in [0.1, 0.15) is 34.8 Å². The molecular weight excluding hydrogens is 262 g/mol. The maximum Gasteiger partial charge on any atom is 0.257 e. The molecule has 0 aliphatic heterocycles. The van der Waals surface area contributed by atoms with Crippen LogP contribution in [0.4, 0.5) is 11.4 Å². The van der Waals surface area contributed by atoms with Crippen molar-refractivity contribution in [2.24, 2.45) is 0 Å². The molecule has 1 aromatic carbocycles. The number of hydrogen-bond donors (Lipinski definition) is 2. The van der Waals surface area contributed by atoms with Crippen LogP contribution in [0.15, 0.2) is 36.7 Å². The van der Waals surface area contributed by atoms with Gasteiger partial charge in [0.15, 0.2) is 0 Å². The monoisotopic (exact) mass is 281 g/mol. The van der Waals surface area contributed by atoms with E-state index in [9.17, 15) is 4.79 Å². The summed E-state index contributed by atoms with van der Waals surface area (Å²) in [7, 11) is 0. The van der Waals surface area contributed by atoms with Crippen molar-refractivity contribution in [3.05, 3.63) is 53.3 Å². The van der Waals surface area contributed by atoms with Crippen LogP contribution in [-0.2, 0) is 12.8 Å². The van der Waals surface area contributed by atoms with Gasteiger partial charge in [-0.15, -0.1) is 0 Å². The minimum absolute atomic E-state index is 0.105. The third-order valence-electron chi connectivity index (χ3n) is 3.79. The Hall–Kier alpha value is -2.36. The Balaban J connectivity index is 1.80. The second kappa shape index (κ2) is 5.95. The van der Waals surface area contributed by atoms with Gasteiger partial charge in [0.25, 0.3) is 5.91 Å². The van der Waals surface area contributed by atoms with Gasteiger partial charge in [-0.2, -0.15) is 0 Å². The molecule has 0 unspecified atom stereocenters. The molecule has 0 spiro atoms. The highest BCUT2D eigenvalue weighted by atomic mass is 16.1. The first-order chi connectivity index (χ1) is 10.3. The number of hydrogen-bond acceptors (Lipinski definition) is 3. The summed E-state index contributed by atoms with van der Waals surface area (Å²) in [5.74, 6) is -0.105. The molecule has 1 amide bonds. The van der Waals surface area contributed by atoms with Gasteiger partial charge < -0.3 is 10.6 Å². The van der Waals surface area contributed by atoms with Gasteiger partial charge >= 0.3 is 0 Å². The minimum atomic E-state index is -0.105. The summed E-state index contributed by atoms with van der Waals surface area (Å²) in [5, 5.41) is 6.14. The Bertz CT molecular complexity index is 667. The summed E-state index contributed by atoms with van der Waals surface area (Å²) in [4.78, 5) is 16.5. The van der Waals surface area contributed by atoms with Gasteiger partial charge in [-0.05, 0) is 55.5 Å². The van der Waals surface area contributed by atoms with Gasteiger partial charge in [0.1, 0.15) is 0 Å². The molecule has 3 rings (SSSR count). The summed E-state index contributed by atoms with van der Waals surface area (Å²) in [6, 6.07) is 7.93. The van der Waals surface area contributed by atoms with Crippen LogP contribution >= 0.6 is 0 Å². The zero-order valence-electron chi connectivity index (χ0n) is 12.1. The number of carbonyl (C=O) groups is 1. The Kier molecular flexibility index (Phi) is 3.86. The molecule has 0 fully saturated rings. The van der Waals surface area contributed by atoms with Gasteiger partial charge in [-0.3, -0.25) is 9.78 Å². The fourth-order valence-electron chi connectivity index (χ4n) is 2.77. The van der Waals surface area contributed by atoms with Crippen LogP contribution in [0.25, 0.3) is 0 Å². The number of aryl methyl sites for hydroxylation is 2. The topological polar surface area (TPSA) is 54.0 Å². The molecule has 21 heavy (non-hydrogen) atoms.